The standard InChI is InChI=1S/C43H58N8O9/c1-26-25-31(29-19-23-50(24-20-29)35(44-37(52)53)45-38(54)58-41(2,3)4)15-16-32(26)34-49-48-33(57-34)30-13-11-27(12-14-30)28-17-21-51(22-18-28)36(46-39(55)59-42(5,6)7)47-40(56)60-43(8,9)10/h11-16,25,28-29H,17-24H2,1-10H3,(H,52,53)(H,44,45,54)(H,46,47,55,56). The number of hydrogen-bond donors (Lipinski definition) is 3. The molecular weight excluding hydrogens is 773 g/mol. The molecule has 2 aromatic carbocycles. The molecule has 0 spiro atoms. The van der Waals surface area contributed by atoms with E-state index in [0.717, 1.165) is 53.5 Å². The van der Waals surface area contributed by atoms with Crippen LogP contribution in [-0.4, -0.2) is 104 Å². The fraction of sp³-hybridized carbons (Fsp3) is 0.535. The molecule has 5 rings (SSSR count). The summed E-state index contributed by atoms with van der Waals surface area (Å²) in [6, 6.07) is 14.2. The van der Waals surface area contributed by atoms with Gasteiger partial charge in [-0.25, -0.2) is 19.2 Å². The van der Waals surface area contributed by atoms with E-state index in [1.54, 1.807) is 67.2 Å². The fourth-order valence-electron chi connectivity index (χ4n) is 6.97. The summed E-state index contributed by atoms with van der Waals surface area (Å²) in [4.78, 5) is 60.7. The van der Waals surface area contributed by atoms with E-state index in [1.165, 1.54) is 0 Å². The zero-order chi connectivity index (χ0) is 44.0. The Bertz CT molecular complexity index is 2080. The highest BCUT2D eigenvalue weighted by Crippen LogP contribution is 2.34. The molecule has 60 heavy (non-hydrogen) atoms. The van der Waals surface area contributed by atoms with Gasteiger partial charge in [-0.15, -0.1) is 20.2 Å². The molecule has 0 bridgehead atoms. The molecule has 0 atom stereocenters. The van der Waals surface area contributed by atoms with Gasteiger partial charge in [0, 0.05) is 37.3 Å². The van der Waals surface area contributed by atoms with Gasteiger partial charge < -0.3 is 33.5 Å². The normalized spacial score (nSPS) is 16.3. The van der Waals surface area contributed by atoms with Gasteiger partial charge in [0.15, 0.2) is 0 Å². The van der Waals surface area contributed by atoms with E-state index in [1.807, 2.05) is 30.0 Å². The molecule has 2 fully saturated rings. The van der Waals surface area contributed by atoms with E-state index in [9.17, 15) is 24.3 Å². The van der Waals surface area contributed by atoms with Crippen molar-refractivity contribution in [3.8, 4) is 22.9 Å². The summed E-state index contributed by atoms with van der Waals surface area (Å²) in [5, 5.41) is 23.0. The number of aliphatic imine (C=N–C) groups is 2. The van der Waals surface area contributed by atoms with Crippen LogP contribution < -0.4 is 10.6 Å². The summed E-state index contributed by atoms with van der Waals surface area (Å²) < 4.78 is 22.2. The summed E-state index contributed by atoms with van der Waals surface area (Å²) in [5.74, 6) is 1.31. The lowest BCUT2D eigenvalue weighted by Crippen LogP contribution is -2.49. The molecule has 17 heteroatoms. The van der Waals surface area contributed by atoms with Crippen LogP contribution in [0.5, 0.6) is 0 Å². The Labute approximate surface area is 351 Å². The van der Waals surface area contributed by atoms with Crippen molar-refractivity contribution in [2.45, 2.75) is 124 Å². The van der Waals surface area contributed by atoms with Crippen molar-refractivity contribution in [1.82, 2.24) is 30.6 Å². The van der Waals surface area contributed by atoms with Gasteiger partial charge in [0.1, 0.15) is 16.8 Å². The predicted octanol–water partition coefficient (Wildman–Crippen LogP) is 8.45. The molecule has 2 aliphatic heterocycles. The number of guanidine groups is 2. The van der Waals surface area contributed by atoms with Crippen molar-refractivity contribution in [1.29, 1.82) is 0 Å². The van der Waals surface area contributed by atoms with E-state index >= 15 is 0 Å². The highest BCUT2D eigenvalue weighted by molar-refractivity contribution is 5.99. The summed E-state index contributed by atoms with van der Waals surface area (Å²) in [5.41, 5.74) is 2.65. The number of hydrogen-bond acceptors (Lipinski definition) is 10. The van der Waals surface area contributed by atoms with Crippen molar-refractivity contribution >= 4 is 36.3 Å². The number of ether oxygens (including phenoxy) is 3. The average molecular weight is 831 g/mol. The Kier molecular flexibility index (Phi) is 13.9. The van der Waals surface area contributed by atoms with Crippen molar-refractivity contribution < 1.29 is 42.9 Å². The van der Waals surface area contributed by atoms with Crippen LogP contribution in [0.3, 0.4) is 0 Å². The van der Waals surface area contributed by atoms with E-state index in [-0.39, 0.29) is 23.8 Å². The van der Waals surface area contributed by atoms with Gasteiger partial charge >= 0.3 is 24.4 Å². The van der Waals surface area contributed by atoms with Gasteiger partial charge in [0.2, 0.25) is 23.7 Å². The van der Waals surface area contributed by atoms with Crippen molar-refractivity contribution in [2.24, 2.45) is 9.98 Å². The lowest BCUT2D eigenvalue weighted by atomic mass is 9.88. The van der Waals surface area contributed by atoms with Crippen LogP contribution in [0.1, 0.15) is 117 Å². The van der Waals surface area contributed by atoms with Crippen molar-refractivity contribution in [2.75, 3.05) is 26.2 Å². The molecule has 0 radical (unpaired) electrons. The highest BCUT2D eigenvalue weighted by atomic mass is 16.6. The minimum Gasteiger partial charge on any atom is -0.465 e. The van der Waals surface area contributed by atoms with Gasteiger partial charge in [-0.3, -0.25) is 10.6 Å². The zero-order valence-corrected chi connectivity index (χ0v) is 36.2. The Balaban J connectivity index is 1.19. The smallest absolute Gasteiger partial charge is 0.437 e. The van der Waals surface area contributed by atoms with Crippen LogP contribution >= 0.6 is 0 Å². The second-order valence-electron chi connectivity index (χ2n) is 18.0. The fourth-order valence-corrected chi connectivity index (χ4v) is 6.97. The minimum absolute atomic E-state index is 0.0438. The molecule has 2 aliphatic rings. The Hall–Kier alpha value is -6.00. The maximum atomic E-state index is 12.6. The Morgan fingerprint density at radius 2 is 1.12 bits per heavy atom. The van der Waals surface area contributed by atoms with E-state index in [4.69, 9.17) is 18.6 Å². The largest absolute Gasteiger partial charge is 0.465 e. The van der Waals surface area contributed by atoms with E-state index in [0.29, 0.717) is 38.0 Å². The molecule has 17 nitrogen and oxygen atoms in total. The quantitative estimate of drug-likeness (QED) is 0.128. The number of aryl methyl sites for hydroxylation is 1. The zero-order valence-electron chi connectivity index (χ0n) is 36.2. The maximum Gasteiger partial charge on any atom is 0.437 e. The second kappa shape index (κ2) is 18.5. The first-order valence-electron chi connectivity index (χ1n) is 20.2. The SMILES string of the molecule is Cc1cc(C2CCN(/C(=N/C(=O)OC(C)(C)C)NC(=O)O)CC2)ccc1-c1nnc(-c2ccc(C3CCN(/C(=N\C(=O)OC(C)(C)C)NC(=O)OC(C)(C)C)CC3)cc2)o1. The number of carbonyl (C=O) groups is 4. The van der Waals surface area contributed by atoms with Crippen LogP contribution in [0.2, 0.25) is 0 Å². The molecule has 4 amide bonds. The highest BCUT2D eigenvalue weighted by Gasteiger charge is 2.29. The van der Waals surface area contributed by atoms with Gasteiger partial charge in [-0.1, -0.05) is 24.3 Å². The summed E-state index contributed by atoms with van der Waals surface area (Å²) in [6.07, 6.45) is -0.702. The summed E-state index contributed by atoms with van der Waals surface area (Å²) in [7, 11) is 0. The number of nitrogens with zero attached hydrogens (tertiary/aromatic N) is 6. The van der Waals surface area contributed by atoms with Crippen molar-refractivity contribution in [3.05, 3.63) is 59.2 Å². The van der Waals surface area contributed by atoms with Crippen LogP contribution in [0.4, 0.5) is 19.2 Å². The number of alkyl carbamates (subject to hydrolysis) is 1. The van der Waals surface area contributed by atoms with Gasteiger partial charge in [0.05, 0.1) is 0 Å². The predicted molar refractivity (Wildman–Crippen MR) is 225 cm³/mol. The van der Waals surface area contributed by atoms with Crippen LogP contribution in [-0.2, 0) is 14.2 Å². The lowest BCUT2D eigenvalue weighted by molar-refractivity contribution is 0.0549. The summed E-state index contributed by atoms with van der Waals surface area (Å²) >= 11 is 0. The molecule has 0 unspecified atom stereocenters. The number of rotatable bonds is 4. The number of piperidine rings is 2. The topological polar surface area (TPSA) is 210 Å². The first kappa shape index (κ1) is 45.1. The average Bonchev–Trinajstić information content (AvgIpc) is 3.62. The number of nitrogens with one attached hydrogen (secondary N) is 2. The van der Waals surface area contributed by atoms with Gasteiger partial charge in [-0.2, -0.15) is 0 Å². The molecule has 324 valence electrons. The number of benzene rings is 2. The Morgan fingerprint density at radius 1 is 0.667 bits per heavy atom. The third-order valence-corrected chi connectivity index (χ3v) is 9.61. The first-order valence-corrected chi connectivity index (χ1v) is 20.2. The van der Waals surface area contributed by atoms with Crippen molar-refractivity contribution in [3.63, 3.8) is 0 Å². The molecule has 3 N–H and O–H groups in total. The number of aromatic nitrogens is 2. The molecule has 3 aromatic rings. The van der Waals surface area contributed by atoms with E-state index in [2.05, 4.69) is 55.1 Å². The minimum atomic E-state index is -1.31. The number of amides is 4. The second-order valence-corrected chi connectivity index (χ2v) is 18.0. The monoisotopic (exact) mass is 830 g/mol. The van der Waals surface area contributed by atoms with Crippen LogP contribution in [0.25, 0.3) is 22.9 Å². The van der Waals surface area contributed by atoms with E-state index < -0.39 is 41.2 Å². The van der Waals surface area contributed by atoms with Gasteiger partial charge in [0.25, 0.3) is 0 Å². The first-order chi connectivity index (χ1) is 28.0. The van der Waals surface area contributed by atoms with Crippen LogP contribution in [0, 0.1) is 6.92 Å². The molecule has 2 saturated heterocycles. The third-order valence-electron chi connectivity index (χ3n) is 9.61. The van der Waals surface area contributed by atoms with Gasteiger partial charge in [-0.05, 0) is 142 Å². The molecule has 0 saturated carbocycles. The maximum absolute atomic E-state index is 12.6. The third kappa shape index (κ3) is 13.3. The van der Waals surface area contributed by atoms with Crippen LogP contribution in [0.15, 0.2) is 56.9 Å². The molecule has 1 aromatic heterocycles. The molecular formula is C43H58N8O9. The number of carboxylic acid groups (broad SMARTS) is 1. The molecule has 3 heterocycles. The number of likely N-dealkylation sites (tertiary alicyclic amines) is 2. The summed E-state index contributed by atoms with van der Waals surface area (Å²) in [6.45, 7) is 19.8. The molecule has 0 aliphatic carbocycles. The number of carbonyl (C=O) groups excluding carboxylic acids is 3. The Morgan fingerprint density at radius 3 is 1.58 bits per heavy atom. The lowest BCUT2D eigenvalue weighted by Gasteiger charge is -2.34.